The average molecular weight is 196 g/mol. The third-order valence-electron chi connectivity index (χ3n) is 2.22. The van der Waals surface area contributed by atoms with Crippen molar-refractivity contribution in [2.24, 2.45) is 5.41 Å². The number of hydrogen-bond acceptors (Lipinski definition) is 3. The molecule has 0 unspecified atom stereocenters. The Kier molecular flexibility index (Phi) is 4.04. The maximum absolute atomic E-state index is 3.92. The summed E-state index contributed by atoms with van der Waals surface area (Å²) >= 11 is 0. The molecular formula is C10H20N4. The second-order valence-electron chi connectivity index (χ2n) is 4.95. The number of aromatic nitrogens is 4. The number of aromatic amines is 1. The molecule has 1 rings (SSSR count). The molecule has 0 aliphatic heterocycles. The highest BCUT2D eigenvalue weighted by Gasteiger charge is 2.08. The first kappa shape index (κ1) is 11.1. The van der Waals surface area contributed by atoms with Gasteiger partial charge in [0, 0.05) is 6.42 Å². The van der Waals surface area contributed by atoms with Crippen LogP contribution < -0.4 is 0 Å². The Morgan fingerprint density at radius 1 is 1.14 bits per heavy atom. The van der Waals surface area contributed by atoms with Crippen molar-refractivity contribution in [2.75, 3.05) is 0 Å². The van der Waals surface area contributed by atoms with E-state index in [0.717, 1.165) is 18.7 Å². The number of nitrogens with zero attached hydrogens (tertiary/aromatic N) is 3. The summed E-state index contributed by atoms with van der Waals surface area (Å²) in [6.45, 7) is 6.85. The van der Waals surface area contributed by atoms with Crippen LogP contribution in [0.1, 0.15) is 52.3 Å². The molecule has 0 radical (unpaired) electrons. The van der Waals surface area contributed by atoms with Crippen LogP contribution in [0, 0.1) is 5.41 Å². The third kappa shape index (κ3) is 4.94. The molecule has 0 fully saturated rings. The fourth-order valence-corrected chi connectivity index (χ4v) is 1.40. The normalized spacial score (nSPS) is 11.9. The van der Waals surface area contributed by atoms with Crippen molar-refractivity contribution in [1.29, 1.82) is 0 Å². The fourth-order valence-electron chi connectivity index (χ4n) is 1.40. The second kappa shape index (κ2) is 5.08. The topological polar surface area (TPSA) is 54.5 Å². The van der Waals surface area contributed by atoms with Gasteiger partial charge >= 0.3 is 0 Å². The Balaban J connectivity index is 2.00. The molecule has 1 aromatic rings. The molecule has 1 aromatic heterocycles. The van der Waals surface area contributed by atoms with E-state index < -0.39 is 0 Å². The van der Waals surface area contributed by atoms with Crippen LogP contribution in [0.4, 0.5) is 0 Å². The smallest absolute Gasteiger partial charge is 0.174 e. The van der Waals surface area contributed by atoms with Gasteiger partial charge in [-0.25, -0.2) is 0 Å². The lowest BCUT2D eigenvalue weighted by atomic mass is 9.89. The summed E-state index contributed by atoms with van der Waals surface area (Å²) < 4.78 is 0. The Morgan fingerprint density at radius 3 is 2.50 bits per heavy atom. The van der Waals surface area contributed by atoms with Gasteiger partial charge in [0.2, 0.25) is 0 Å². The number of rotatable bonds is 5. The number of tetrazole rings is 1. The van der Waals surface area contributed by atoms with Crippen LogP contribution in [0.3, 0.4) is 0 Å². The van der Waals surface area contributed by atoms with Crippen LogP contribution in [-0.4, -0.2) is 20.6 Å². The van der Waals surface area contributed by atoms with Gasteiger partial charge in [0.15, 0.2) is 5.82 Å². The number of H-pyrrole nitrogens is 1. The molecule has 0 spiro atoms. The van der Waals surface area contributed by atoms with Crippen LogP contribution in [0.25, 0.3) is 0 Å². The van der Waals surface area contributed by atoms with Gasteiger partial charge in [-0.1, -0.05) is 38.8 Å². The molecule has 0 saturated heterocycles. The largest absolute Gasteiger partial charge is 0.177 e. The molecule has 4 heteroatoms. The van der Waals surface area contributed by atoms with Crippen LogP contribution in [-0.2, 0) is 6.42 Å². The first-order chi connectivity index (χ1) is 6.58. The minimum Gasteiger partial charge on any atom is -0.177 e. The third-order valence-corrected chi connectivity index (χ3v) is 2.22. The fraction of sp³-hybridized carbons (Fsp3) is 0.900. The highest BCUT2D eigenvalue weighted by atomic mass is 15.5. The molecular weight excluding hydrogens is 176 g/mol. The first-order valence-corrected chi connectivity index (χ1v) is 5.30. The molecule has 4 nitrogen and oxygen atoms in total. The van der Waals surface area contributed by atoms with E-state index in [0.29, 0.717) is 5.41 Å². The molecule has 0 aromatic carbocycles. The van der Waals surface area contributed by atoms with Crippen molar-refractivity contribution in [2.45, 2.75) is 52.9 Å². The zero-order valence-corrected chi connectivity index (χ0v) is 9.38. The van der Waals surface area contributed by atoms with Gasteiger partial charge in [0.05, 0.1) is 0 Å². The van der Waals surface area contributed by atoms with Crippen LogP contribution in [0.5, 0.6) is 0 Å². The number of aryl methyl sites for hydroxylation is 1. The van der Waals surface area contributed by atoms with Crippen molar-refractivity contribution in [3.05, 3.63) is 5.82 Å². The quantitative estimate of drug-likeness (QED) is 0.735. The summed E-state index contributed by atoms with van der Waals surface area (Å²) in [5.74, 6) is 0.834. The van der Waals surface area contributed by atoms with Crippen LogP contribution in [0.2, 0.25) is 0 Å². The molecule has 1 heterocycles. The SMILES string of the molecule is CC(C)(C)CCCCCc1nn[nH]n1. The summed E-state index contributed by atoms with van der Waals surface area (Å²) in [6.07, 6.45) is 5.95. The summed E-state index contributed by atoms with van der Waals surface area (Å²) in [6, 6.07) is 0. The molecule has 0 amide bonds. The second-order valence-corrected chi connectivity index (χ2v) is 4.95. The van der Waals surface area contributed by atoms with E-state index in [1.807, 2.05) is 0 Å². The first-order valence-electron chi connectivity index (χ1n) is 5.30. The highest BCUT2D eigenvalue weighted by molar-refractivity contribution is 4.75. The van der Waals surface area contributed by atoms with E-state index in [1.165, 1.54) is 19.3 Å². The lowest BCUT2D eigenvalue weighted by molar-refractivity contribution is 0.358. The molecule has 0 bridgehead atoms. The zero-order chi connectivity index (χ0) is 10.4. The van der Waals surface area contributed by atoms with Crippen molar-refractivity contribution in [1.82, 2.24) is 20.6 Å². The molecule has 1 N–H and O–H groups in total. The highest BCUT2D eigenvalue weighted by Crippen LogP contribution is 2.22. The van der Waals surface area contributed by atoms with E-state index in [1.54, 1.807) is 0 Å². The Labute approximate surface area is 85.5 Å². The van der Waals surface area contributed by atoms with E-state index in [2.05, 4.69) is 41.4 Å². The number of nitrogens with one attached hydrogen (secondary N) is 1. The van der Waals surface area contributed by atoms with Crippen molar-refractivity contribution in [3.63, 3.8) is 0 Å². The summed E-state index contributed by atoms with van der Waals surface area (Å²) in [4.78, 5) is 0. The Bertz CT molecular complexity index is 235. The van der Waals surface area contributed by atoms with Gasteiger partial charge in [-0.2, -0.15) is 5.21 Å². The van der Waals surface area contributed by atoms with E-state index in [-0.39, 0.29) is 0 Å². The Morgan fingerprint density at radius 2 is 1.93 bits per heavy atom. The lowest BCUT2D eigenvalue weighted by Crippen LogP contribution is -2.04. The predicted octanol–water partition coefficient (Wildman–Crippen LogP) is 2.35. The monoisotopic (exact) mass is 196 g/mol. The molecule has 0 atom stereocenters. The van der Waals surface area contributed by atoms with Crippen LogP contribution >= 0.6 is 0 Å². The molecule has 80 valence electrons. The standard InChI is InChI=1S/C10H20N4/c1-10(2,3)8-6-4-5-7-9-11-13-14-12-9/h4-8H2,1-3H3,(H,11,12,13,14). The van der Waals surface area contributed by atoms with Gasteiger partial charge in [-0.05, 0) is 18.3 Å². The Hall–Kier alpha value is -0.930. The summed E-state index contributed by atoms with van der Waals surface area (Å²) in [7, 11) is 0. The lowest BCUT2D eigenvalue weighted by Gasteiger charge is -2.17. The number of unbranched alkanes of at least 4 members (excludes halogenated alkanes) is 2. The molecule has 0 aliphatic rings. The van der Waals surface area contributed by atoms with Gasteiger partial charge in [0.1, 0.15) is 0 Å². The zero-order valence-electron chi connectivity index (χ0n) is 9.38. The molecule has 0 saturated carbocycles. The van der Waals surface area contributed by atoms with Gasteiger partial charge in [-0.3, -0.25) is 0 Å². The van der Waals surface area contributed by atoms with Crippen molar-refractivity contribution < 1.29 is 0 Å². The van der Waals surface area contributed by atoms with Crippen molar-refractivity contribution in [3.8, 4) is 0 Å². The van der Waals surface area contributed by atoms with E-state index in [4.69, 9.17) is 0 Å². The maximum Gasteiger partial charge on any atom is 0.174 e. The summed E-state index contributed by atoms with van der Waals surface area (Å²) in [5.41, 5.74) is 0.464. The minimum absolute atomic E-state index is 0.464. The van der Waals surface area contributed by atoms with Crippen molar-refractivity contribution >= 4 is 0 Å². The summed E-state index contributed by atoms with van der Waals surface area (Å²) in [5, 5.41) is 13.8. The van der Waals surface area contributed by atoms with Gasteiger partial charge < -0.3 is 0 Å². The number of hydrogen-bond donors (Lipinski definition) is 1. The molecule has 0 aliphatic carbocycles. The molecule has 14 heavy (non-hydrogen) atoms. The van der Waals surface area contributed by atoms with Gasteiger partial charge in [0.25, 0.3) is 0 Å². The van der Waals surface area contributed by atoms with Crippen LogP contribution in [0.15, 0.2) is 0 Å². The van der Waals surface area contributed by atoms with E-state index in [9.17, 15) is 0 Å². The van der Waals surface area contributed by atoms with Gasteiger partial charge in [-0.15, -0.1) is 10.2 Å². The predicted molar refractivity (Wildman–Crippen MR) is 55.8 cm³/mol. The minimum atomic E-state index is 0.464. The maximum atomic E-state index is 3.92. The van der Waals surface area contributed by atoms with E-state index >= 15 is 0 Å². The average Bonchev–Trinajstić information content (AvgIpc) is 2.54.